The van der Waals surface area contributed by atoms with Gasteiger partial charge < -0.3 is 0 Å². The van der Waals surface area contributed by atoms with Crippen LogP contribution in [0, 0.1) is 0 Å². The first-order chi connectivity index (χ1) is 10.7. The average Bonchev–Trinajstić information content (AvgIpc) is 2.88. The molecule has 1 fully saturated rings. The molecule has 1 rings (SSSR count). The number of likely N-dealkylation sites (tertiary alicyclic amines) is 1. The Morgan fingerprint density at radius 3 is 2.09 bits per heavy atom. The number of halogens is 1. The van der Waals surface area contributed by atoms with E-state index in [0.29, 0.717) is 6.04 Å². The summed E-state index contributed by atoms with van der Waals surface area (Å²) in [7, 11) is 0. The lowest BCUT2D eigenvalue weighted by molar-refractivity contribution is -0.951. The second kappa shape index (κ2) is 12.6. The first-order valence-corrected chi connectivity index (χ1v) is 10.5. The molecule has 0 aromatic carbocycles. The van der Waals surface area contributed by atoms with E-state index in [-0.39, 0.29) is 0 Å². The quantitative estimate of drug-likeness (QED) is 0.186. The van der Waals surface area contributed by atoms with Gasteiger partial charge in [0.25, 0.3) is 0 Å². The van der Waals surface area contributed by atoms with Crippen LogP contribution < -0.4 is 5.84 Å². The van der Waals surface area contributed by atoms with Crippen LogP contribution in [0.5, 0.6) is 0 Å². The third-order valence-corrected chi connectivity index (χ3v) is 5.71. The highest BCUT2D eigenvalue weighted by Crippen LogP contribution is 2.27. The van der Waals surface area contributed by atoms with Crippen LogP contribution in [0.15, 0.2) is 0 Å². The minimum absolute atomic E-state index is 0.678. The SMILES string of the molecule is CCCCCCCCCCCC[N+]1(N)CCCC1CCCCl. The maximum atomic E-state index is 6.65. The van der Waals surface area contributed by atoms with Gasteiger partial charge in [-0.3, -0.25) is 0 Å². The van der Waals surface area contributed by atoms with Crippen LogP contribution in [0.4, 0.5) is 0 Å². The number of nitrogens with two attached hydrogens (primary N) is 1. The molecule has 2 atom stereocenters. The summed E-state index contributed by atoms with van der Waals surface area (Å²) in [6.45, 7) is 4.65. The number of hydrogen-bond donors (Lipinski definition) is 1. The molecule has 0 spiro atoms. The molecule has 0 aromatic heterocycles. The predicted molar refractivity (Wildman–Crippen MR) is 99.0 cm³/mol. The largest absolute Gasteiger partial charge is 0.246 e. The summed E-state index contributed by atoms with van der Waals surface area (Å²) in [6.07, 6.45) is 19.0. The monoisotopic (exact) mass is 331 g/mol. The fourth-order valence-electron chi connectivity index (χ4n) is 3.96. The Morgan fingerprint density at radius 1 is 0.909 bits per heavy atom. The molecule has 0 radical (unpaired) electrons. The summed E-state index contributed by atoms with van der Waals surface area (Å²) in [4.78, 5) is 0. The average molecular weight is 332 g/mol. The van der Waals surface area contributed by atoms with Gasteiger partial charge in [-0.1, -0.05) is 58.3 Å². The minimum atomic E-state index is 0.678. The lowest BCUT2D eigenvalue weighted by atomic mass is 10.1. The van der Waals surface area contributed by atoms with Crippen LogP contribution in [-0.4, -0.2) is 29.6 Å². The Bertz CT molecular complexity index is 260. The summed E-state index contributed by atoms with van der Waals surface area (Å²) in [5.74, 6) is 7.43. The van der Waals surface area contributed by atoms with Crippen molar-refractivity contribution in [3.63, 3.8) is 0 Å². The van der Waals surface area contributed by atoms with Gasteiger partial charge in [-0.15, -0.1) is 11.6 Å². The molecule has 1 saturated heterocycles. The van der Waals surface area contributed by atoms with Crippen LogP contribution in [0.1, 0.15) is 96.8 Å². The van der Waals surface area contributed by atoms with E-state index >= 15 is 0 Å². The van der Waals surface area contributed by atoms with Crippen LogP contribution in [0.2, 0.25) is 0 Å². The molecular formula is C19H40ClN2+. The van der Waals surface area contributed by atoms with Gasteiger partial charge in [0, 0.05) is 25.1 Å². The zero-order valence-corrected chi connectivity index (χ0v) is 15.8. The van der Waals surface area contributed by atoms with Crippen molar-refractivity contribution in [3.05, 3.63) is 0 Å². The van der Waals surface area contributed by atoms with Crippen LogP contribution >= 0.6 is 11.6 Å². The second-order valence-electron chi connectivity index (χ2n) is 7.36. The number of hydrogen-bond acceptors (Lipinski definition) is 1. The molecule has 2 unspecified atom stereocenters. The third-order valence-electron chi connectivity index (χ3n) is 5.44. The van der Waals surface area contributed by atoms with E-state index in [9.17, 15) is 0 Å². The fraction of sp³-hybridized carbons (Fsp3) is 1.00. The Labute approximate surface area is 144 Å². The number of rotatable bonds is 14. The maximum absolute atomic E-state index is 6.65. The van der Waals surface area contributed by atoms with Crippen molar-refractivity contribution in [1.82, 2.24) is 0 Å². The van der Waals surface area contributed by atoms with Gasteiger partial charge in [-0.25, -0.2) is 4.59 Å². The van der Waals surface area contributed by atoms with Gasteiger partial charge >= 0.3 is 0 Å². The van der Waals surface area contributed by atoms with Crippen molar-refractivity contribution in [2.45, 2.75) is 103 Å². The van der Waals surface area contributed by atoms with Gasteiger partial charge in [-0.05, 0) is 19.3 Å². The number of unbranched alkanes of at least 4 members (excludes halogenated alkanes) is 9. The van der Waals surface area contributed by atoms with Crippen molar-refractivity contribution in [1.29, 1.82) is 0 Å². The van der Waals surface area contributed by atoms with Gasteiger partial charge in [0.05, 0.1) is 13.1 Å². The summed E-state index contributed by atoms with van der Waals surface area (Å²) in [5.41, 5.74) is 0. The maximum Gasteiger partial charge on any atom is 0.107 e. The molecule has 2 N–H and O–H groups in total. The van der Waals surface area contributed by atoms with Gasteiger partial charge in [0.1, 0.15) is 6.04 Å². The second-order valence-corrected chi connectivity index (χ2v) is 7.74. The van der Waals surface area contributed by atoms with E-state index in [1.54, 1.807) is 0 Å². The summed E-state index contributed by atoms with van der Waals surface area (Å²) < 4.78 is 0.841. The molecule has 0 aliphatic carbocycles. The van der Waals surface area contributed by atoms with Crippen LogP contribution in [-0.2, 0) is 0 Å². The Kier molecular flexibility index (Phi) is 11.6. The first-order valence-electron chi connectivity index (χ1n) is 9.94. The molecule has 1 aliphatic rings. The Hall–Kier alpha value is 0.210. The lowest BCUT2D eigenvalue weighted by Crippen LogP contribution is -2.58. The normalized spacial score (nSPS) is 25.0. The zero-order chi connectivity index (χ0) is 16.1. The highest BCUT2D eigenvalue weighted by Gasteiger charge is 2.38. The van der Waals surface area contributed by atoms with Gasteiger partial charge in [-0.2, -0.15) is 5.84 Å². The summed E-state index contributed by atoms with van der Waals surface area (Å²) in [6, 6.07) is 0.678. The van der Waals surface area contributed by atoms with E-state index in [1.807, 2.05) is 0 Å². The van der Waals surface area contributed by atoms with Gasteiger partial charge in [0.15, 0.2) is 0 Å². The van der Waals surface area contributed by atoms with Crippen molar-refractivity contribution < 1.29 is 4.59 Å². The van der Waals surface area contributed by atoms with E-state index in [1.165, 1.54) is 96.6 Å². The molecule has 1 aliphatic heterocycles. The first kappa shape index (κ1) is 20.3. The Morgan fingerprint density at radius 2 is 1.50 bits per heavy atom. The molecule has 132 valence electrons. The topological polar surface area (TPSA) is 26.0 Å². The number of quaternary nitrogens is 1. The smallest absolute Gasteiger partial charge is 0.107 e. The Balaban J connectivity index is 1.99. The standard InChI is InChI=1S/C19H40ClN2/c1-2-3-4-5-6-7-8-9-10-11-17-22(21)18-13-15-19(22)14-12-16-20/h19H,2-18,21H2,1H3/q+1. The minimum Gasteiger partial charge on any atom is -0.246 e. The molecular weight excluding hydrogens is 292 g/mol. The highest BCUT2D eigenvalue weighted by molar-refractivity contribution is 6.17. The molecule has 0 saturated carbocycles. The molecule has 0 bridgehead atoms. The molecule has 22 heavy (non-hydrogen) atoms. The van der Waals surface area contributed by atoms with E-state index in [0.717, 1.165) is 16.9 Å². The van der Waals surface area contributed by atoms with Crippen molar-refractivity contribution >= 4 is 11.6 Å². The fourth-order valence-corrected chi connectivity index (χ4v) is 4.12. The van der Waals surface area contributed by atoms with Crippen LogP contribution in [0.3, 0.4) is 0 Å². The number of alkyl halides is 1. The molecule has 0 amide bonds. The summed E-state index contributed by atoms with van der Waals surface area (Å²) in [5, 5.41) is 0. The third kappa shape index (κ3) is 8.17. The van der Waals surface area contributed by atoms with Crippen LogP contribution in [0.25, 0.3) is 0 Å². The lowest BCUT2D eigenvalue weighted by Gasteiger charge is -2.34. The molecule has 3 heteroatoms. The molecule has 2 nitrogen and oxygen atoms in total. The summed E-state index contributed by atoms with van der Waals surface area (Å²) >= 11 is 5.84. The molecule has 0 aromatic rings. The van der Waals surface area contributed by atoms with Crippen molar-refractivity contribution in [2.24, 2.45) is 5.84 Å². The molecule has 1 heterocycles. The number of nitrogens with zero attached hydrogens (tertiary/aromatic N) is 1. The van der Waals surface area contributed by atoms with E-state index < -0.39 is 0 Å². The predicted octanol–water partition coefficient (Wildman–Crippen LogP) is 5.78. The van der Waals surface area contributed by atoms with Crippen molar-refractivity contribution in [3.8, 4) is 0 Å². The highest BCUT2D eigenvalue weighted by atomic mass is 35.5. The van der Waals surface area contributed by atoms with Crippen molar-refractivity contribution in [2.75, 3.05) is 19.0 Å². The zero-order valence-electron chi connectivity index (χ0n) is 15.0. The van der Waals surface area contributed by atoms with Gasteiger partial charge in [0.2, 0.25) is 0 Å². The van der Waals surface area contributed by atoms with E-state index in [4.69, 9.17) is 17.4 Å². The van der Waals surface area contributed by atoms with E-state index in [2.05, 4.69) is 6.92 Å².